The molecule has 20 heavy (non-hydrogen) atoms. The lowest BCUT2D eigenvalue weighted by atomic mass is 10.2. The number of ether oxygens (including phenoxy) is 1. The molecular weight excluding hydrogens is 342 g/mol. The van der Waals surface area contributed by atoms with E-state index >= 15 is 0 Å². The summed E-state index contributed by atoms with van der Waals surface area (Å²) in [5.74, 6) is 0.565. The summed E-state index contributed by atoms with van der Waals surface area (Å²) >= 11 is 9.18. The minimum atomic E-state index is -0.124. The summed E-state index contributed by atoms with van der Waals surface area (Å²) in [6.45, 7) is 0.817. The van der Waals surface area contributed by atoms with E-state index in [2.05, 4.69) is 21.2 Å². The summed E-state index contributed by atoms with van der Waals surface area (Å²) in [5, 5.41) is 3.42. The second-order valence-corrected chi connectivity index (χ2v) is 5.42. The van der Waals surface area contributed by atoms with Crippen molar-refractivity contribution in [2.24, 2.45) is 0 Å². The topological polar surface area (TPSA) is 38.3 Å². The molecule has 2 aromatic carbocycles. The number of amides is 1. The van der Waals surface area contributed by atoms with Crippen LogP contribution in [0.4, 0.5) is 0 Å². The van der Waals surface area contributed by atoms with Crippen LogP contribution in [0.2, 0.25) is 5.02 Å². The van der Waals surface area contributed by atoms with Gasteiger partial charge in [-0.2, -0.15) is 0 Å². The first-order valence-electron chi connectivity index (χ1n) is 6.07. The van der Waals surface area contributed by atoms with Gasteiger partial charge in [-0.15, -0.1) is 0 Å². The lowest BCUT2D eigenvalue weighted by Gasteiger charge is -2.08. The number of benzene rings is 2. The molecule has 1 amide bonds. The molecule has 0 aliphatic rings. The number of carbonyl (C=O) groups excluding carboxylic acids is 1. The molecule has 3 nitrogen and oxygen atoms in total. The van der Waals surface area contributed by atoms with Crippen molar-refractivity contribution in [2.75, 3.05) is 13.2 Å². The van der Waals surface area contributed by atoms with E-state index in [1.807, 2.05) is 24.3 Å². The molecule has 0 saturated carbocycles. The Bertz CT molecular complexity index is 604. The summed E-state index contributed by atoms with van der Waals surface area (Å²) in [6, 6.07) is 14.4. The highest BCUT2D eigenvalue weighted by Gasteiger charge is 2.04. The van der Waals surface area contributed by atoms with E-state index in [-0.39, 0.29) is 5.91 Å². The van der Waals surface area contributed by atoms with E-state index in [0.29, 0.717) is 29.5 Å². The van der Waals surface area contributed by atoms with Crippen molar-refractivity contribution in [1.82, 2.24) is 5.32 Å². The Kier molecular flexibility index (Phi) is 5.44. The number of rotatable bonds is 5. The average Bonchev–Trinajstić information content (AvgIpc) is 2.43. The molecule has 0 saturated heterocycles. The molecule has 0 spiro atoms. The SMILES string of the molecule is O=C(NCCOc1cccc(Cl)c1)c1cccc(Br)c1. The van der Waals surface area contributed by atoms with Gasteiger partial charge in [-0.1, -0.05) is 39.7 Å². The quantitative estimate of drug-likeness (QED) is 0.827. The van der Waals surface area contributed by atoms with Gasteiger partial charge in [-0.05, 0) is 36.4 Å². The van der Waals surface area contributed by atoms with Gasteiger partial charge in [0.05, 0.1) is 6.54 Å². The molecule has 2 aromatic rings. The van der Waals surface area contributed by atoms with Gasteiger partial charge in [0.2, 0.25) is 0 Å². The third-order valence-corrected chi connectivity index (χ3v) is 3.27. The van der Waals surface area contributed by atoms with E-state index in [0.717, 1.165) is 4.47 Å². The van der Waals surface area contributed by atoms with E-state index in [1.54, 1.807) is 24.3 Å². The summed E-state index contributed by atoms with van der Waals surface area (Å²) in [4.78, 5) is 11.9. The Morgan fingerprint density at radius 1 is 1.20 bits per heavy atom. The van der Waals surface area contributed by atoms with Crippen molar-refractivity contribution in [3.8, 4) is 5.75 Å². The number of hydrogen-bond donors (Lipinski definition) is 1. The molecule has 5 heteroatoms. The molecule has 0 aliphatic carbocycles. The van der Waals surface area contributed by atoms with Crippen LogP contribution in [0.5, 0.6) is 5.75 Å². The minimum Gasteiger partial charge on any atom is -0.492 e. The zero-order chi connectivity index (χ0) is 14.4. The zero-order valence-electron chi connectivity index (χ0n) is 10.6. The summed E-state index contributed by atoms with van der Waals surface area (Å²) in [7, 11) is 0. The van der Waals surface area contributed by atoms with Crippen LogP contribution in [-0.4, -0.2) is 19.1 Å². The van der Waals surface area contributed by atoms with E-state index in [1.165, 1.54) is 0 Å². The van der Waals surface area contributed by atoms with Gasteiger partial charge >= 0.3 is 0 Å². The van der Waals surface area contributed by atoms with Crippen molar-refractivity contribution < 1.29 is 9.53 Å². The van der Waals surface area contributed by atoms with Gasteiger partial charge in [0, 0.05) is 15.1 Å². The fourth-order valence-electron chi connectivity index (χ4n) is 1.62. The Labute approximate surface area is 131 Å². The first-order chi connectivity index (χ1) is 9.65. The number of halogens is 2. The predicted molar refractivity (Wildman–Crippen MR) is 83.4 cm³/mol. The first-order valence-corrected chi connectivity index (χ1v) is 7.24. The molecule has 0 atom stereocenters. The zero-order valence-corrected chi connectivity index (χ0v) is 12.9. The molecule has 0 radical (unpaired) electrons. The van der Waals surface area contributed by atoms with Gasteiger partial charge in [-0.25, -0.2) is 0 Å². The normalized spacial score (nSPS) is 10.1. The summed E-state index contributed by atoms with van der Waals surface area (Å²) < 4.78 is 6.36. The van der Waals surface area contributed by atoms with Gasteiger partial charge in [0.15, 0.2) is 0 Å². The molecule has 104 valence electrons. The lowest BCUT2D eigenvalue weighted by molar-refractivity contribution is 0.0947. The van der Waals surface area contributed by atoms with Crippen molar-refractivity contribution in [3.05, 3.63) is 63.6 Å². The Hall–Kier alpha value is -1.52. The summed E-state index contributed by atoms with van der Waals surface area (Å²) in [6.07, 6.45) is 0. The van der Waals surface area contributed by atoms with E-state index in [9.17, 15) is 4.79 Å². The molecular formula is C15H13BrClNO2. The van der Waals surface area contributed by atoms with Crippen LogP contribution in [-0.2, 0) is 0 Å². The molecule has 2 rings (SSSR count). The van der Waals surface area contributed by atoms with Crippen LogP contribution < -0.4 is 10.1 Å². The minimum absolute atomic E-state index is 0.124. The smallest absolute Gasteiger partial charge is 0.251 e. The maximum atomic E-state index is 11.9. The second-order valence-electron chi connectivity index (χ2n) is 4.07. The van der Waals surface area contributed by atoms with Crippen molar-refractivity contribution in [1.29, 1.82) is 0 Å². The van der Waals surface area contributed by atoms with Crippen LogP contribution in [0.3, 0.4) is 0 Å². The van der Waals surface area contributed by atoms with Gasteiger partial charge < -0.3 is 10.1 Å². The lowest BCUT2D eigenvalue weighted by Crippen LogP contribution is -2.28. The van der Waals surface area contributed by atoms with Crippen LogP contribution in [0.25, 0.3) is 0 Å². The molecule has 0 heterocycles. The largest absolute Gasteiger partial charge is 0.492 e. The fraction of sp³-hybridized carbons (Fsp3) is 0.133. The molecule has 1 N–H and O–H groups in total. The summed E-state index contributed by atoms with van der Waals surface area (Å²) in [5.41, 5.74) is 0.613. The highest BCUT2D eigenvalue weighted by molar-refractivity contribution is 9.10. The Morgan fingerprint density at radius 3 is 2.75 bits per heavy atom. The highest BCUT2D eigenvalue weighted by Crippen LogP contribution is 2.16. The Balaban J connectivity index is 1.77. The standard InChI is InChI=1S/C15H13BrClNO2/c16-12-4-1-3-11(9-12)15(19)18-7-8-20-14-6-2-5-13(17)10-14/h1-6,9-10H,7-8H2,(H,18,19). The van der Waals surface area contributed by atoms with Crippen LogP contribution in [0.15, 0.2) is 53.0 Å². The maximum absolute atomic E-state index is 11.9. The average molecular weight is 355 g/mol. The molecule has 0 aromatic heterocycles. The monoisotopic (exact) mass is 353 g/mol. The van der Waals surface area contributed by atoms with Crippen molar-refractivity contribution in [3.63, 3.8) is 0 Å². The first kappa shape index (κ1) is 14.9. The second kappa shape index (κ2) is 7.31. The maximum Gasteiger partial charge on any atom is 0.251 e. The van der Waals surface area contributed by atoms with Gasteiger partial charge in [0.1, 0.15) is 12.4 Å². The fourth-order valence-corrected chi connectivity index (χ4v) is 2.20. The van der Waals surface area contributed by atoms with Crippen molar-refractivity contribution in [2.45, 2.75) is 0 Å². The van der Waals surface area contributed by atoms with Gasteiger partial charge in [-0.3, -0.25) is 4.79 Å². The number of carbonyl (C=O) groups is 1. The van der Waals surface area contributed by atoms with Crippen molar-refractivity contribution >= 4 is 33.4 Å². The number of nitrogens with one attached hydrogen (secondary N) is 1. The molecule has 0 fully saturated rings. The molecule has 0 bridgehead atoms. The Morgan fingerprint density at radius 2 is 2.00 bits per heavy atom. The van der Waals surface area contributed by atoms with E-state index in [4.69, 9.17) is 16.3 Å². The predicted octanol–water partition coefficient (Wildman–Crippen LogP) is 3.91. The third kappa shape index (κ3) is 4.54. The molecule has 0 unspecified atom stereocenters. The van der Waals surface area contributed by atoms with Crippen LogP contribution in [0.1, 0.15) is 10.4 Å². The number of hydrogen-bond acceptors (Lipinski definition) is 2. The van der Waals surface area contributed by atoms with E-state index < -0.39 is 0 Å². The van der Waals surface area contributed by atoms with Gasteiger partial charge in [0.25, 0.3) is 5.91 Å². The highest BCUT2D eigenvalue weighted by atomic mass is 79.9. The molecule has 0 aliphatic heterocycles. The van der Waals surface area contributed by atoms with Crippen LogP contribution in [0, 0.1) is 0 Å². The third-order valence-electron chi connectivity index (χ3n) is 2.54. The van der Waals surface area contributed by atoms with Crippen LogP contribution >= 0.6 is 27.5 Å².